The van der Waals surface area contributed by atoms with Gasteiger partial charge in [0.25, 0.3) is 5.56 Å². The van der Waals surface area contributed by atoms with Gasteiger partial charge in [0, 0.05) is 13.2 Å². The van der Waals surface area contributed by atoms with Crippen molar-refractivity contribution in [2.45, 2.75) is 25.5 Å². The summed E-state index contributed by atoms with van der Waals surface area (Å²) in [6.07, 6.45) is 3.35. The minimum Gasteiger partial charge on any atom is -0.376 e. The van der Waals surface area contributed by atoms with Crippen LogP contribution in [0.1, 0.15) is 12.8 Å². The summed E-state index contributed by atoms with van der Waals surface area (Å²) in [7, 11) is 0. The highest BCUT2D eigenvalue weighted by atomic mass is 16.5. The predicted molar refractivity (Wildman–Crippen MR) is 78.0 cm³/mol. The van der Waals surface area contributed by atoms with Crippen LogP contribution in [0.2, 0.25) is 0 Å². The molecule has 6 nitrogen and oxygen atoms in total. The molecule has 0 aliphatic carbocycles. The zero-order chi connectivity index (χ0) is 14.7. The smallest absolute Gasteiger partial charge is 0.269 e. The molecule has 1 amide bonds. The van der Waals surface area contributed by atoms with Gasteiger partial charge in [0.05, 0.1) is 23.3 Å². The highest BCUT2D eigenvalue weighted by Crippen LogP contribution is 2.11. The number of aromatic nitrogens is 2. The molecular weight excluding hydrogens is 270 g/mol. The lowest BCUT2D eigenvalue weighted by Crippen LogP contribution is -2.36. The van der Waals surface area contributed by atoms with Gasteiger partial charge in [-0.1, -0.05) is 12.1 Å². The van der Waals surface area contributed by atoms with E-state index in [2.05, 4.69) is 10.3 Å². The Morgan fingerprint density at radius 1 is 1.43 bits per heavy atom. The molecule has 0 bridgehead atoms. The molecule has 21 heavy (non-hydrogen) atoms. The summed E-state index contributed by atoms with van der Waals surface area (Å²) in [5.41, 5.74) is 1.09. The first-order valence-corrected chi connectivity index (χ1v) is 7.07. The van der Waals surface area contributed by atoms with E-state index in [1.807, 2.05) is 18.2 Å². The molecule has 6 heteroatoms. The third-order valence-corrected chi connectivity index (χ3v) is 3.61. The summed E-state index contributed by atoms with van der Waals surface area (Å²) in [6, 6.07) is 7.28. The van der Waals surface area contributed by atoms with Crippen molar-refractivity contribution < 1.29 is 9.53 Å². The van der Waals surface area contributed by atoms with Crippen molar-refractivity contribution in [3.63, 3.8) is 0 Å². The van der Waals surface area contributed by atoms with Crippen LogP contribution in [-0.2, 0) is 16.1 Å². The molecule has 1 atom stereocenters. The van der Waals surface area contributed by atoms with E-state index in [-0.39, 0.29) is 24.1 Å². The Balaban J connectivity index is 1.73. The first kappa shape index (κ1) is 13.8. The molecule has 1 N–H and O–H groups in total. The van der Waals surface area contributed by atoms with Gasteiger partial charge in [0.1, 0.15) is 6.54 Å². The number of amides is 1. The Morgan fingerprint density at radius 3 is 3.10 bits per heavy atom. The average molecular weight is 287 g/mol. The Morgan fingerprint density at radius 2 is 2.29 bits per heavy atom. The number of carbonyl (C=O) groups is 1. The lowest BCUT2D eigenvalue weighted by molar-refractivity contribution is -0.122. The van der Waals surface area contributed by atoms with E-state index in [0.29, 0.717) is 17.6 Å². The number of para-hydroxylation sites is 2. The van der Waals surface area contributed by atoms with Crippen LogP contribution in [0.5, 0.6) is 0 Å². The fourth-order valence-electron chi connectivity index (χ4n) is 2.51. The zero-order valence-electron chi connectivity index (χ0n) is 11.6. The van der Waals surface area contributed by atoms with Crippen LogP contribution < -0.4 is 10.9 Å². The second-order valence-electron chi connectivity index (χ2n) is 5.11. The van der Waals surface area contributed by atoms with Crippen LogP contribution in [0.25, 0.3) is 11.0 Å². The molecular formula is C15H17N3O3. The van der Waals surface area contributed by atoms with E-state index in [1.54, 1.807) is 6.07 Å². The predicted octanol–water partition coefficient (Wildman–Crippen LogP) is 0.692. The molecule has 0 saturated carbocycles. The Bertz CT molecular complexity index is 705. The monoisotopic (exact) mass is 287 g/mol. The molecule has 0 unspecified atom stereocenters. The summed E-state index contributed by atoms with van der Waals surface area (Å²) >= 11 is 0. The van der Waals surface area contributed by atoms with Gasteiger partial charge in [-0.2, -0.15) is 0 Å². The van der Waals surface area contributed by atoms with Gasteiger partial charge in [0.2, 0.25) is 5.91 Å². The van der Waals surface area contributed by atoms with Crippen molar-refractivity contribution in [1.82, 2.24) is 14.9 Å². The van der Waals surface area contributed by atoms with Crippen LogP contribution >= 0.6 is 0 Å². The van der Waals surface area contributed by atoms with Gasteiger partial charge in [-0.3, -0.25) is 14.2 Å². The topological polar surface area (TPSA) is 73.2 Å². The number of benzene rings is 1. The molecule has 1 aromatic carbocycles. The van der Waals surface area contributed by atoms with Crippen molar-refractivity contribution in [1.29, 1.82) is 0 Å². The highest BCUT2D eigenvalue weighted by Gasteiger charge is 2.16. The van der Waals surface area contributed by atoms with E-state index >= 15 is 0 Å². The van der Waals surface area contributed by atoms with E-state index in [0.717, 1.165) is 19.4 Å². The van der Waals surface area contributed by atoms with Crippen molar-refractivity contribution >= 4 is 16.9 Å². The fraction of sp³-hybridized carbons (Fsp3) is 0.400. The number of hydrogen-bond acceptors (Lipinski definition) is 4. The fourth-order valence-corrected chi connectivity index (χ4v) is 2.51. The summed E-state index contributed by atoms with van der Waals surface area (Å²) < 4.78 is 6.89. The van der Waals surface area contributed by atoms with Gasteiger partial charge in [-0.05, 0) is 25.0 Å². The maximum absolute atomic E-state index is 12.0. The summed E-state index contributed by atoms with van der Waals surface area (Å²) in [4.78, 5) is 28.0. The number of nitrogens with one attached hydrogen (secondary N) is 1. The number of ether oxygens (including phenoxy) is 1. The van der Waals surface area contributed by atoms with Gasteiger partial charge in [-0.25, -0.2) is 4.98 Å². The molecule has 2 aromatic rings. The second-order valence-corrected chi connectivity index (χ2v) is 5.11. The first-order valence-electron chi connectivity index (χ1n) is 7.07. The van der Waals surface area contributed by atoms with Crippen molar-refractivity contribution in [3.8, 4) is 0 Å². The standard InChI is InChI=1S/C15H17N3O3/c19-14(17-8-11-4-3-7-21-11)10-18-13-6-2-1-5-12(13)16-9-15(18)20/h1-2,5-6,9,11H,3-4,7-8,10H2,(H,17,19)/t11-/m1/s1. The molecule has 1 aliphatic heterocycles. The highest BCUT2D eigenvalue weighted by molar-refractivity contribution is 5.79. The largest absolute Gasteiger partial charge is 0.376 e. The Hall–Kier alpha value is -2.21. The molecule has 1 aromatic heterocycles. The molecule has 0 spiro atoms. The molecule has 3 rings (SSSR count). The number of rotatable bonds is 4. The first-order chi connectivity index (χ1) is 10.2. The van der Waals surface area contributed by atoms with E-state index in [4.69, 9.17) is 4.74 Å². The quantitative estimate of drug-likeness (QED) is 0.898. The van der Waals surface area contributed by atoms with E-state index < -0.39 is 0 Å². The zero-order valence-corrected chi connectivity index (χ0v) is 11.6. The van der Waals surface area contributed by atoms with Crippen LogP contribution in [-0.4, -0.2) is 34.7 Å². The van der Waals surface area contributed by atoms with Crippen molar-refractivity contribution in [2.75, 3.05) is 13.2 Å². The van der Waals surface area contributed by atoms with E-state index in [1.165, 1.54) is 10.8 Å². The van der Waals surface area contributed by atoms with Crippen LogP contribution in [0.4, 0.5) is 0 Å². The van der Waals surface area contributed by atoms with Crippen molar-refractivity contribution in [2.24, 2.45) is 0 Å². The Labute approximate surface area is 121 Å². The van der Waals surface area contributed by atoms with Gasteiger partial charge < -0.3 is 10.1 Å². The minimum absolute atomic E-state index is 0.00537. The summed E-state index contributed by atoms with van der Waals surface area (Å²) in [6.45, 7) is 1.25. The van der Waals surface area contributed by atoms with Gasteiger partial charge in [-0.15, -0.1) is 0 Å². The summed E-state index contributed by atoms with van der Waals surface area (Å²) in [5.74, 6) is -0.191. The molecule has 1 fully saturated rings. The number of fused-ring (bicyclic) bond motifs is 1. The average Bonchev–Trinajstić information content (AvgIpc) is 3.01. The van der Waals surface area contributed by atoms with Crippen LogP contribution in [0.15, 0.2) is 35.3 Å². The normalized spacial score (nSPS) is 18.0. The molecule has 0 radical (unpaired) electrons. The second kappa shape index (κ2) is 6.05. The lowest BCUT2D eigenvalue weighted by atomic mass is 10.2. The van der Waals surface area contributed by atoms with Gasteiger partial charge in [0.15, 0.2) is 0 Å². The summed E-state index contributed by atoms with van der Waals surface area (Å²) in [5, 5.41) is 2.82. The number of hydrogen-bond donors (Lipinski definition) is 1. The van der Waals surface area contributed by atoms with Crippen LogP contribution in [0, 0.1) is 0 Å². The van der Waals surface area contributed by atoms with Crippen LogP contribution in [0.3, 0.4) is 0 Å². The lowest BCUT2D eigenvalue weighted by Gasteiger charge is -2.12. The maximum atomic E-state index is 12.0. The third-order valence-electron chi connectivity index (χ3n) is 3.61. The Kier molecular flexibility index (Phi) is 3.96. The maximum Gasteiger partial charge on any atom is 0.269 e. The van der Waals surface area contributed by atoms with Gasteiger partial charge >= 0.3 is 0 Å². The minimum atomic E-state index is -0.277. The molecule has 2 heterocycles. The number of nitrogens with zero attached hydrogens (tertiary/aromatic N) is 2. The molecule has 1 saturated heterocycles. The number of carbonyl (C=O) groups excluding carboxylic acids is 1. The van der Waals surface area contributed by atoms with E-state index in [9.17, 15) is 9.59 Å². The molecule has 110 valence electrons. The SMILES string of the molecule is O=C(Cn1c(=O)cnc2ccccc21)NC[C@H]1CCCO1. The van der Waals surface area contributed by atoms with Crippen molar-refractivity contribution in [3.05, 3.63) is 40.8 Å². The third kappa shape index (κ3) is 3.11. The molecule has 1 aliphatic rings.